The van der Waals surface area contributed by atoms with Crippen molar-refractivity contribution in [3.8, 4) is 0 Å². The van der Waals surface area contributed by atoms with Crippen LogP contribution in [0.4, 0.5) is 0 Å². The van der Waals surface area contributed by atoms with Crippen LogP contribution in [0.1, 0.15) is 34.5 Å². The fourth-order valence-corrected chi connectivity index (χ4v) is 4.69. The molecule has 0 N–H and O–H groups in total. The molecule has 0 aliphatic carbocycles. The van der Waals surface area contributed by atoms with Crippen LogP contribution in [0.15, 0.2) is 47.2 Å². The van der Waals surface area contributed by atoms with Gasteiger partial charge in [0.15, 0.2) is 0 Å². The third kappa shape index (κ3) is 2.52. The first-order valence-corrected chi connectivity index (χ1v) is 7.95. The SMILES string of the molecule is O=C1CC(c2ccccc2)SC(c2ccsc2)C1. The summed E-state index contributed by atoms with van der Waals surface area (Å²) in [4.78, 5) is 11.9. The van der Waals surface area contributed by atoms with Crippen molar-refractivity contribution in [1.82, 2.24) is 0 Å². The van der Waals surface area contributed by atoms with Gasteiger partial charge in [-0.15, -0.1) is 11.8 Å². The second-order valence-corrected chi connectivity index (χ2v) is 6.72. The molecule has 3 rings (SSSR count). The Morgan fingerprint density at radius 3 is 2.33 bits per heavy atom. The molecule has 1 aromatic heterocycles. The zero-order valence-electron chi connectivity index (χ0n) is 9.91. The maximum atomic E-state index is 11.9. The molecule has 2 heterocycles. The minimum Gasteiger partial charge on any atom is -0.300 e. The minimum atomic E-state index is 0.317. The molecule has 2 atom stereocenters. The van der Waals surface area contributed by atoms with Gasteiger partial charge in [0, 0.05) is 23.3 Å². The van der Waals surface area contributed by atoms with E-state index >= 15 is 0 Å². The summed E-state index contributed by atoms with van der Waals surface area (Å²) in [5.41, 5.74) is 2.58. The molecule has 0 saturated carbocycles. The molecule has 1 aliphatic rings. The maximum Gasteiger partial charge on any atom is 0.135 e. The van der Waals surface area contributed by atoms with Gasteiger partial charge in [0.1, 0.15) is 5.78 Å². The Hall–Kier alpha value is -1.06. The Morgan fingerprint density at radius 1 is 0.944 bits per heavy atom. The van der Waals surface area contributed by atoms with E-state index in [1.807, 2.05) is 17.8 Å². The first kappa shape index (κ1) is 12.0. The molecule has 92 valence electrons. The van der Waals surface area contributed by atoms with E-state index in [1.54, 1.807) is 11.3 Å². The van der Waals surface area contributed by atoms with E-state index in [-0.39, 0.29) is 0 Å². The number of benzene rings is 1. The maximum absolute atomic E-state index is 11.9. The van der Waals surface area contributed by atoms with Crippen molar-refractivity contribution >= 4 is 28.9 Å². The van der Waals surface area contributed by atoms with Crippen LogP contribution in [0.5, 0.6) is 0 Å². The highest BCUT2D eigenvalue weighted by molar-refractivity contribution is 7.99. The van der Waals surface area contributed by atoms with Crippen LogP contribution in [0.25, 0.3) is 0 Å². The smallest absolute Gasteiger partial charge is 0.135 e. The van der Waals surface area contributed by atoms with E-state index in [0.29, 0.717) is 29.1 Å². The van der Waals surface area contributed by atoms with E-state index in [0.717, 1.165) is 0 Å². The largest absolute Gasteiger partial charge is 0.300 e. The summed E-state index contributed by atoms with van der Waals surface area (Å²) in [7, 11) is 0. The lowest BCUT2D eigenvalue weighted by atomic mass is 10.0. The highest BCUT2D eigenvalue weighted by Gasteiger charge is 2.29. The summed E-state index contributed by atoms with van der Waals surface area (Å²) >= 11 is 3.64. The van der Waals surface area contributed by atoms with E-state index in [1.165, 1.54) is 11.1 Å². The van der Waals surface area contributed by atoms with E-state index < -0.39 is 0 Å². The van der Waals surface area contributed by atoms with Gasteiger partial charge in [0.05, 0.1) is 0 Å². The Balaban J connectivity index is 1.83. The van der Waals surface area contributed by atoms with Gasteiger partial charge in [0.2, 0.25) is 0 Å². The van der Waals surface area contributed by atoms with Gasteiger partial charge in [-0.2, -0.15) is 11.3 Å². The van der Waals surface area contributed by atoms with Gasteiger partial charge < -0.3 is 0 Å². The van der Waals surface area contributed by atoms with Gasteiger partial charge in [0.25, 0.3) is 0 Å². The number of rotatable bonds is 2. The predicted molar refractivity (Wildman–Crippen MR) is 78.1 cm³/mol. The number of thiophene rings is 1. The van der Waals surface area contributed by atoms with Gasteiger partial charge in [-0.1, -0.05) is 30.3 Å². The average Bonchev–Trinajstić information content (AvgIpc) is 2.93. The van der Waals surface area contributed by atoms with Crippen LogP contribution in [0.2, 0.25) is 0 Å². The lowest BCUT2D eigenvalue weighted by Crippen LogP contribution is -2.15. The molecular formula is C15H14OS2. The van der Waals surface area contributed by atoms with Crippen LogP contribution in [0, 0.1) is 0 Å². The van der Waals surface area contributed by atoms with Crippen LogP contribution < -0.4 is 0 Å². The third-order valence-corrected chi connectivity index (χ3v) is 5.48. The number of carbonyl (C=O) groups is 1. The van der Waals surface area contributed by atoms with Crippen molar-refractivity contribution < 1.29 is 4.79 Å². The molecule has 2 aromatic rings. The van der Waals surface area contributed by atoms with Crippen molar-refractivity contribution in [3.63, 3.8) is 0 Å². The summed E-state index contributed by atoms with van der Waals surface area (Å²) < 4.78 is 0. The molecule has 3 heteroatoms. The first-order valence-electron chi connectivity index (χ1n) is 6.07. The normalized spacial score (nSPS) is 24.1. The number of ketones is 1. The summed E-state index contributed by atoms with van der Waals surface area (Å²) in [6, 6.07) is 12.5. The van der Waals surface area contributed by atoms with Gasteiger partial charge in [-0.25, -0.2) is 0 Å². The van der Waals surface area contributed by atoms with Crippen molar-refractivity contribution in [2.75, 3.05) is 0 Å². The first-order chi connectivity index (χ1) is 8.83. The molecular weight excluding hydrogens is 260 g/mol. The Morgan fingerprint density at radius 2 is 1.67 bits per heavy atom. The molecule has 1 fully saturated rings. The lowest BCUT2D eigenvalue weighted by molar-refractivity contribution is -0.119. The number of carbonyl (C=O) groups excluding carboxylic acids is 1. The Bertz CT molecular complexity index is 519. The zero-order valence-corrected chi connectivity index (χ0v) is 11.5. The molecule has 0 spiro atoms. The van der Waals surface area contributed by atoms with Crippen molar-refractivity contribution in [2.24, 2.45) is 0 Å². The molecule has 0 bridgehead atoms. The average molecular weight is 274 g/mol. The Kier molecular flexibility index (Phi) is 3.52. The lowest BCUT2D eigenvalue weighted by Gasteiger charge is -2.27. The number of hydrogen-bond donors (Lipinski definition) is 0. The highest BCUT2D eigenvalue weighted by Crippen LogP contribution is 2.48. The number of Topliss-reactive ketones (excluding diaryl/α,β-unsaturated/α-hetero) is 1. The molecule has 0 amide bonds. The predicted octanol–water partition coefficient (Wildman–Crippen LogP) is 4.63. The van der Waals surface area contributed by atoms with Crippen LogP contribution in [-0.2, 0) is 4.79 Å². The minimum absolute atomic E-state index is 0.317. The van der Waals surface area contributed by atoms with Gasteiger partial charge in [-0.05, 0) is 28.0 Å². The van der Waals surface area contributed by atoms with Crippen molar-refractivity contribution in [3.05, 3.63) is 58.3 Å². The fraction of sp³-hybridized carbons (Fsp3) is 0.267. The molecule has 1 saturated heterocycles. The summed E-state index contributed by atoms with van der Waals surface area (Å²) in [5, 5.41) is 4.91. The molecule has 1 nitrogen and oxygen atoms in total. The monoisotopic (exact) mass is 274 g/mol. The Labute approximate surface area is 115 Å². The molecule has 18 heavy (non-hydrogen) atoms. The molecule has 1 aromatic carbocycles. The third-order valence-electron chi connectivity index (χ3n) is 3.24. The highest BCUT2D eigenvalue weighted by atomic mass is 32.2. The zero-order chi connectivity index (χ0) is 12.4. The summed E-state index contributed by atoms with van der Waals surface area (Å²) in [6.07, 6.45) is 1.36. The molecule has 1 aliphatic heterocycles. The van der Waals surface area contributed by atoms with Crippen LogP contribution in [-0.4, -0.2) is 5.78 Å². The summed E-state index contributed by atoms with van der Waals surface area (Å²) in [5.74, 6) is 0.388. The van der Waals surface area contributed by atoms with Gasteiger partial charge in [-0.3, -0.25) is 4.79 Å². The molecule has 2 unspecified atom stereocenters. The second kappa shape index (κ2) is 5.29. The van der Waals surface area contributed by atoms with Crippen LogP contribution >= 0.6 is 23.1 Å². The molecule has 0 radical (unpaired) electrons. The van der Waals surface area contributed by atoms with Crippen LogP contribution in [0.3, 0.4) is 0 Å². The van der Waals surface area contributed by atoms with E-state index in [2.05, 4.69) is 41.1 Å². The second-order valence-electron chi connectivity index (χ2n) is 4.53. The van der Waals surface area contributed by atoms with Crippen molar-refractivity contribution in [1.29, 1.82) is 0 Å². The summed E-state index contributed by atoms with van der Waals surface area (Å²) in [6.45, 7) is 0. The topological polar surface area (TPSA) is 17.1 Å². The quantitative estimate of drug-likeness (QED) is 0.794. The van der Waals surface area contributed by atoms with E-state index in [4.69, 9.17) is 0 Å². The van der Waals surface area contributed by atoms with Gasteiger partial charge >= 0.3 is 0 Å². The van der Waals surface area contributed by atoms with E-state index in [9.17, 15) is 4.79 Å². The number of thioether (sulfide) groups is 1. The number of hydrogen-bond acceptors (Lipinski definition) is 3. The standard InChI is InChI=1S/C15H14OS2/c16-13-8-14(11-4-2-1-3-5-11)18-15(9-13)12-6-7-17-10-12/h1-7,10,14-15H,8-9H2. The van der Waals surface area contributed by atoms with Crippen molar-refractivity contribution in [2.45, 2.75) is 23.3 Å². The fourth-order valence-electron chi connectivity index (χ4n) is 2.31.